The fraction of sp³-hybridized carbons (Fsp3) is 0.958. The molecule has 186 valence electrons. The molecule has 0 bridgehead atoms. The van der Waals surface area contributed by atoms with E-state index in [1.807, 2.05) is 0 Å². The molecule has 0 saturated carbocycles. The fourth-order valence-corrected chi connectivity index (χ4v) is 4.08. The van der Waals surface area contributed by atoms with Gasteiger partial charge in [0.25, 0.3) is 0 Å². The Morgan fingerprint density at radius 1 is 0.613 bits per heavy atom. The van der Waals surface area contributed by atoms with Gasteiger partial charge in [0.1, 0.15) is 0 Å². The third-order valence-corrected chi connectivity index (χ3v) is 6.14. The average molecular weight is 449 g/mol. The van der Waals surface area contributed by atoms with E-state index in [-0.39, 0.29) is 36.5 Å². The predicted molar refractivity (Wildman–Crippen MR) is 122 cm³/mol. The number of methoxy groups -OCH3 is 6. The van der Waals surface area contributed by atoms with Crippen LogP contribution in [0.4, 0.5) is 0 Å². The minimum absolute atomic E-state index is 0.0142. The van der Waals surface area contributed by atoms with Crippen molar-refractivity contribution >= 4 is 5.97 Å². The van der Waals surface area contributed by atoms with Gasteiger partial charge >= 0.3 is 5.97 Å². The number of hydrogen-bond donors (Lipinski definition) is 0. The smallest absolute Gasteiger partial charge is 0.305 e. The highest BCUT2D eigenvalue weighted by molar-refractivity contribution is 5.68. The Bertz CT molecular complexity index is 415. The zero-order valence-corrected chi connectivity index (χ0v) is 21.0. The van der Waals surface area contributed by atoms with Crippen molar-refractivity contribution in [3.8, 4) is 0 Å². The summed E-state index contributed by atoms with van der Waals surface area (Å²) in [5.41, 5.74) is 0. The van der Waals surface area contributed by atoms with Crippen molar-refractivity contribution in [2.75, 3.05) is 42.7 Å². The molecule has 0 fully saturated rings. The lowest BCUT2D eigenvalue weighted by Crippen LogP contribution is -2.35. The summed E-state index contributed by atoms with van der Waals surface area (Å²) in [7, 11) is 10.2. The molecule has 0 aliphatic carbocycles. The molecule has 7 nitrogen and oxygen atoms in total. The van der Waals surface area contributed by atoms with Gasteiger partial charge in [0.2, 0.25) is 0 Å². The molecule has 0 heterocycles. The first-order valence-electron chi connectivity index (χ1n) is 11.7. The van der Waals surface area contributed by atoms with Crippen molar-refractivity contribution < 1.29 is 33.2 Å². The highest BCUT2D eigenvalue weighted by Gasteiger charge is 2.26. The summed E-state index contributed by atoms with van der Waals surface area (Å²) in [6.07, 6.45) is 10.4. The van der Waals surface area contributed by atoms with Crippen LogP contribution in [0, 0.1) is 0 Å². The molecule has 0 aromatic carbocycles. The predicted octanol–water partition coefficient (Wildman–Crippen LogP) is 4.55. The van der Waals surface area contributed by atoms with E-state index in [9.17, 15) is 4.79 Å². The average Bonchev–Trinajstić information content (AvgIpc) is 2.80. The van der Waals surface area contributed by atoms with Crippen LogP contribution < -0.4 is 0 Å². The molecule has 0 aliphatic heterocycles. The Morgan fingerprint density at radius 3 is 1.68 bits per heavy atom. The van der Waals surface area contributed by atoms with E-state index < -0.39 is 0 Å². The Balaban J connectivity index is 4.41. The third-order valence-electron chi connectivity index (χ3n) is 6.14. The number of hydrogen-bond acceptors (Lipinski definition) is 7. The highest BCUT2D eigenvalue weighted by Crippen LogP contribution is 2.22. The zero-order valence-electron chi connectivity index (χ0n) is 21.0. The molecule has 31 heavy (non-hydrogen) atoms. The van der Waals surface area contributed by atoms with Gasteiger partial charge in [-0.2, -0.15) is 0 Å². The molecule has 0 aromatic rings. The van der Waals surface area contributed by atoms with Crippen LogP contribution in [0.15, 0.2) is 0 Å². The molecule has 0 saturated heterocycles. The van der Waals surface area contributed by atoms with Crippen LogP contribution in [0.1, 0.15) is 77.6 Å². The molecule has 0 N–H and O–H groups in total. The van der Waals surface area contributed by atoms with Gasteiger partial charge in [-0.05, 0) is 32.1 Å². The van der Waals surface area contributed by atoms with Crippen LogP contribution in [-0.2, 0) is 33.2 Å². The highest BCUT2D eigenvalue weighted by atomic mass is 16.5. The Hall–Kier alpha value is -0.730. The van der Waals surface area contributed by atoms with Crippen LogP contribution in [0.5, 0.6) is 0 Å². The maximum atomic E-state index is 11.1. The number of carbonyl (C=O) groups is 1. The maximum absolute atomic E-state index is 11.1. The van der Waals surface area contributed by atoms with E-state index in [2.05, 4.69) is 11.7 Å². The number of ether oxygens (including phenoxy) is 6. The van der Waals surface area contributed by atoms with E-state index >= 15 is 0 Å². The quantitative estimate of drug-likeness (QED) is 0.188. The van der Waals surface area contributed by atoms with Crippen molar-refractivity contribution in [2.24, 2.45) is 0 Å². The van der Waals surface area contributed by atoms with Gasteiger partial charge in [0.15, 0.2) is 0 Å². The summed E-state index contributed by atoms with van der Waals surface area (Å²) in [5, 5.41) is 0. The normalized spacial score (nSPS) is 16.5. The summed E-state index contributed by atoms with van der Waals surface area (Å²) in [5.74, 6) is -0.126. The fourth-order valence-electron chi connectivity index (χ4n) is 4.08. The zero-order chi connectivity index (χ0) is 23.5. The lowest BCUT2D eigenvalue weighted by molar-refractivity contribution is -0.140. The van der Waals surface area contributed by atoms with Crippen molar-refractivity contribution in [3.63, 3.8) is 0 Å². The van der Waals surface area contributed by atoms with Gasteiger partial charge < -0.3 is 28.4 Å². The van der Waals surface area contributed by atoms with Gasteiger partial charge in [-0.3, -0.25) is 4.79 Å². The molecule has 0 aliphatic rings. The summed E-state index contributed by atoms with van der Waals surface area (Å²) in [6.45, 7) is 2.11. The van der Waals surface area contributed by atoms with E-state index in [1.165, 1.54) is 7.11 Å². The first-order valence-corrected chi connectivity index (χ1v) is 11.7. The molecule has 5 unspecified atom stereocenters. The summed E-state index contributed by atoms with van der Waals surface area (Å²) >= 11 is 0. The lowest BCUT2D eigenvalue weighted by atomic mass is 9.96. The SMILES string of the molecule is CCC(OC)C(CCC(CC(OC)C(CCCCCCCC(=O)OC)OC)OC)OC. The molecule has 0 aromatic heterocycles. The second-order valence-corrected chi connectivity index (χ2v) is 8.06. The molecule has 7 heteroatoms. The van der Waals surface area contributed by atoms with Crippen LogP contribution in [0.25, 0.3) is 0 Å². The Labute approximate surface area is 190 Å². The molecule has 5 atom stereocenters. The van der Waals surface area contributed by atoms with Crippen molar-refractivity contribution in [1.82, 2.24) is 0 Å². The Kier molecular flexibility index (Phi) is 19.4. The molecule has 0 spiro atoms. The third kappa shape index (κ3) is 13.4. The monoisotopic (exact) mass is 448 g/mol. The van der Waals surface area contributed by atoms with Gasteiger partial charge in [0, 0.05) is 48.4 Å². The molecule has 0 radical (unpaired) electrons. The van der Waals surface area contributed by atoms with Crippen molar-refractivity contribution in [3.05, 3.63) is 0 Å². The van der Waals surface area contributed by atoms with Gasteiger partial charge in [-0.15, -0.1) is 0 Å². The van der Waals surface area contributed by atoms with Gasteiger partial charge in [-0.1, -0.05) is 32.6 Å². The van der Waals surface area contributed by atoms with Crippen LogP contribution in [0.2, 0.25) is 0 Å². The first kappa shape index (κ1) is 30.3. The molecule has 0 rings (SSSR count). The largest absolute Gasteiger partial charge is 0.469 e. The number of unbranched alkanes of at least 4 members (excludes halogenated alkanes) is 4. The lowest BCUT2D eigenvalue weighted by Gasteiger charge is -2.30. The maximum Gasteiger partial charge on any atom is 0.305 e. The Morgan fingerprint density at radius 2 is 1.16 bits per heavy atom. The van der Waals surface area contributed by atoms with Crippen LogP contribution >= 0.6 is 0 Å². The molecule has 0 amide bonds. The van der Waals surface area contributed by atoms with E-state index in [0.717, 1.165) is 64.2 Å². The second kappa shape index (κ2) is 19.9. The van der Waals surface area contributed by atoms with Crippen LogP contribution in [0.3, 0.4) is 0 Å². The van der Waals surface area contributed by atoms with Gasteiger partial charge in [-0.25, -0.2) is 0 Å². The summed E-state index contributed by atoms with van der Waals surface area (Å²) in [4.78, 5) is 11.1. The number of esters is 1. The van der Waals surface area contributed by atoms with Crippen LogP contribution in [-0.4, -0.2) is 79.1 Å². The first-order chi connectivity index (χ1) is 15.0. The van der Waals surface area contributed by atoms with E-state index in [1.54, 1.807) is 35.5 Å². The molecular formula is C24H48O7. The topological polar surface area (TPSA) is 72.5 Å². The summed E-state index contributed by atoms with van der Waals surface area (Å²) < 4.78 is 33.1. The number of rotatable bonds is 21. The van der Waals surface area contributed by atoms with E-state index in [0.29, 0.717) is 6.42 Å². The van der Waals surface area contributed by atoms with Crippen molar-refractivity contribution in [1.29, 1.82) is 0 Å². The minimum Gasteiger partial charge on any atom is -0.469 e. The molecular weight excluding hydrogens is 400 g/mol. The standard InChI is InChI=1S/C24H48O7/c1-8-20(27-3)22(29-5)17-16-19(26-2)18-23(30-6)21(28-4)14-12-10-9-11-13-15-24(25)31-7/h19-23H,8-18H2,1-7H3. The van der Waals surface area contributed by atoms with E-state index in [4.69, 9.17) is 23.7 Å². The second-order valence-electron chi connectivity index (χ2n) is 8.06. The minimum atomic E-state index is -0.126. The van der Waals surface area contributed by atoms with Gasteiger partial charge in [0.05, 0.1) is 37.6 Å². The number of carbonyl (C=O) groups excluding carboxylic acids is 1. The summed E-state index contributed by atoms with van der Waals surface area (Å²) in [6, 6.07) is 0. The van der Waals surface area contributed by atoms with Crippen molar-refractivity contribution in [2.45, 2.75) is 108 Å².